The predicted molar refractivity (Wildman–Crippen MR) is 73.6 cm³/mol. The van der Waals surface area contributed by atoms with Gasteiger partial charge in [0.1, 0.15) is 11.5 Å². The summed E-state index contributed by atoms with van der Waals surface area (Å²) in [5.41, 5.74) is 2.34. The third kappa shape index (κ3) is 4.50. The molecule has 0 saturated heterocycles. The molecule has 0 unspecified atom stereocenters. The van der Waals surface area contributed by atoms with Gasteiger partial charge < -0.3 is 4.74 Å². The molecule has 0 amide bonds. The molecule has 0 atom stereocenters. The molecule has 0 aromatic heterocycles. The molecule has 0 fully saturated rings. The molecule has 0 saturated carbocycles. The summed E-state index contributed by atoms with van der Waals surface area (Å²) < 4.78 is 6.78. The number of carbonyl (C=O) groups excluding carboxylic acids is 1. The zero-order valence-electron chi connectivity index (χ0n) is 10.7. The van der Waals surface area contributed by atoms with Gasteiger partial charge in [0.2, 0.25) is 0 Å². The Morgan fingerprint density at radius 3 is 2.41 bits per heavy atom. The number of halogens is 1. The second-order valence-corrected chi connectivity index (χ2v) is 5.01. The number of aryl methyl sites for hydroxylation is 2. The molecule has 2 nitrogen and oxygen atoms in total. The van der Waals surface area contributed by atoms with E-state index >= 15 is 0 Å². The van der Waals surface area contributed by atoms with Gasteiger partial charge in [0.05, 0.1) is 6.61 Å². The molecular weight excluding hydrogens is 280 g/mol. The Kier molecular flexibility index (Phi) is 5.69. The van der Waals surface area contributed by atoms with Crippen molar-refractivity contribution in [3.8, 4) is 5.75 Å². The van der Waals surface area contributed by atoms with Crippen LogP contribution in [0.1, 0.15) is 37.3 Å². The molecule has 1 rings (SSSR count). The average molecular weight is 299 g/mol. The number of benzene rings is 1. The molecule has 3 heteroatoms. The molecule has 0 radical (unpaired) electrons. The smallest absolute Gasteiger partial charge is 0.132 e. The van der Waals surface area contributed by atoms with Crippen molar-refractivity contribution < 1.29 is 9.53 Å². The number of Topliss-reactive ketones (excluding diaryl/α,β-unsaturated/α-hetero) is 1. The van der Waals surface area contributed by atoms with E-state index in [1.54, 1.807) is 0 Å². The minimum Gasteiger partial charge on any atom is -0.494 e. The van der Waals surface area contributed by atoms with E-state index in [4.69, 9.17) is 4.74 Å². The van der Waals surface area contributed by atoms with Crippen LogP contribution in [-0.4, -0.2) is 12.4 Å². The van der Waals surface area contributed by atoms with E-state index in [1.165, 1.54) is 11.1 Å². The summed E-state index contributed by atoms with van der Waals surface area (Å²) in [4.78, 5) is 11.1. The lowest BCUT2D eigenvalue weighted by Crippen LogP contribution is -2.02. The molecule has 0 N–H and O–H groups in total. The van der Waals surface area contributed by atoms with Crippen LogP contribution in [0.25, 0.3) is 0 Å². The highest BCUT2D eigenvalue weighted by atomic mass is 79.9. The lowest BCUT2D eigenvalue weighted by molar-refractivity contribution is -0.118. The van der Waals surface area contributed by atoms with Crippen molar-refractivity contribution in [1.29, 1.82) is 0 Å². The van der Waals surface area contributed by atoms with Crippen LogP contribution in [0.3, 0.4) is 0 Å². The average Bonchev–Trinajstić information content (AvgIpc) is 2.31. The van der Waals surface area contributed by atoms with Crippen molar-refractivity contribution in [3.63, 3.8) is 0 Å². The van der Waals surface area contributed by atoms with Crippen LogP contribution in [0.4, 0.5) is 0 Å². The molecule has 0 aliphatic carbocycles. The van der Waals surface area contributed by atoms with E-state index in [9.17, 15) is 4.79 Å². The summed E-state index contributed by atoms with van der Waals surface area (Å²) in [6, 6.07) is 4.03. The van der Waals surface area contributed by atoms with Crippen molar-refractivity contribution >= 4 is 21.7 Å². The molecule has 0 bridgehead atoms. The van der Waals surface area contributed by atoms with E-state index in [0.717, 1.165) is 16.6 Å². The van der Waals surface area contributed by atoms with Crippen LogP contribution in [-0.2, 0) is 4.79 Å². The SMILES string of the molecule is CCC(=O)CCCOc1cc(C)c(Br)c(C)c1. The van der Waals surface area contributed by atoms with Gasteiger partial charge in [-0.05, 0) is 43.5 Å². The topological polar surface area (TPSA) is 26.3 Å². The van der Waals surface area contributed by atoms with Gasteiger partial charge in [-0.2, -0.15) is 0 Å². The maximum Gasteiger partial charge on any atom is 0.132 e. The highest BCUT2D eigenvalue weighted by Gasteiger charge is 2.03. The first-order valence-electron chi connectivity index (χ1n) is 5.95. The second kappa shape index (κ2) is 6.80. The monoisotopic (exact) mass is 298 g/mol. The molecule has 1 aromatic carbocycles. The van der Waals surface area contributed by atoms with E-state index < -0.39 is 0 Å². The molecule has 0 aliphatic heterocycles. The third-order valence-electron chi connectivity index (χ3n) is 2.67. The molecule has 17 heavy (non-hydrogen) atoms. The lowest BCUT2D eigenvalue weighted by Gasteiger charge is -2.09. The van der Waals surface area contributed by atoms with E-state index in [-0.39, 0.29) is 0 Å². The molecule has 0 spiro atoms. The minimum atomic E-state index is 0.303. The summed E-state index contributed by atoms with van der Waals surface area (Å²) in [6.45, 7) is 6.59. The second-order valence-electron chi connectivity index (χ2n) is 4.22. The fourth-order valence-electron chi connectivity index (χ4n) is 1.63. The van der Waals surface area contributed by atoms with Gasteiger partial charge in [-0.1, -0.05) is 22.9 Å². The summed E-state index contributed by atoms with van der Waals surface area (Å²) in [5, 5.41) is 0. The zero-order valence-corrected chi connectivity index (χ0v) is 12.3. The highest BCUT2D eigenvalue weighted by molar-refractivity contribution is 9.10. The number of carbonyl (C=O) groups is 1. The van der Waals surface area contributed by atoms with Gasteiger partial charge >= 0.3 is 0 Å². The molecular formula is C14H19BrO2. The van der Waals surface area contributed by atoms with Crippen molar-refractivity contribution in [2.75, 3.05) is 6.61 Å². The molecule has 94 valence electrons. The Morgan fingerprint density at radius 1 is 1.29 bits per heavy atom. The first-order chi connectivity index (χ1) is 8.04. The summed E-state index contributed by atoms with van der Waals surface area (Å²) in [5.74, 6) is 1.18. The first-order valence-corrected chi connectivity index (χ1v) is 6.75. The standard InChI is InChI=1S/C14H19BrO2/c1-4-12(16)6-5-7-17-13-8-10(2)14(15)11(3)9-13/h8-9H,4-7H2,1-3H3. The van der Waals surface area contributed by atoms with Gasteiger partial charge in [-0.15, -0.1) is 0 Å². The third-order valence-corrected chi connectivity index (χ3v) is 3.92. The number of hydrogen-bond acceptors (Lipinski definition) is 2. The normalized spacial score (nSPS) is 10.4. The van der Waals surface area contributed by atoms with Crippen molar-refractivity contribution in [3.05, 3.63) is 27.7 Å². The van der Waals surface area contributed by atoms with Gasteiger partial charge in [0, 0.05) is 17.3 Å². The van der Waals surface area contributed by atoms with Gasteiger partial charge in [0.25, 0.3) is 0 Å². The van der Waals surface area contributed by atoms with E-state index in [1.807, 2.05) is 32.9 Å². The number of hydrogen-bond donors (Lipinski definition) is 0. The van der Waals surface area contributed by atoms with Crippen molar-refractivity contribution in [1.82, 2.24) is 0 Å². The van der Waals surface area contributed by atoms with Gasteiger partial charge in [0.15, 0.2) is 0 Å². The minimum absolute atomic E-state index is 0.303. The number of rotatable bonds is 6. The lowest BCUT2D eigenvalue weighted by atomic mass is 10.1. The number of ether oxygens (including phenoxy) is 1. The first kappa shape index (κ1) is 14.2. The Labute approximate surface area is 111 Å². The maximum atomic E-state index is 11.1. The van der Waals surface area contributed by atoms with Crippen LogP contribution in [0.2, 0.25) is 0 Å². The fraction of sp³-hybridized carbons (Fsp3) is 0.500. The Hall–Kier alpha value is -0.830. The van der Waals surface area contributed by atoms with Crippen LogP contribution in [0.5, 0.6) is 5.75 Å². The van der Waals surface area contributed by atoms with Crippen LogP contribution >= 0.6 is 15.9 Å². The maximum absolute atomic E-state index is 11.1. The highest BCUT2D eigenvalue weighted by Crippen LogP contribution is 2.26. The van der Waals surface area contributed by atoms with E-state index in [2.05, 4.69) is 15.9 Å². The number of ketones is 1. The molecule has 0 heterocycles. The summed E-state index contributed by atoms with van der Waals surface area (Å²) >= 11 is 3.52. The van der Waals surface area contributed by atoms with Gasteiger partial charge in [-0.25, -0.2) is 0 Å². The summed E-state index contributed by atoms with van der Waals surface area (Å²) in [6.07, 6.45) is 2.03. The molecule has 1 aromatic rings. The van der Waals surface area contributed by atoms with Crippen molar-refractivity contribution in [2.45, 2.75) is 40.0 Å². The Balaban J connectivity index is 2.45. The molecule has 0 aliphatic rings. The van der Waals surface area contributed by atoms with E-state index in [0.29, 0.717) is 25.2 Å². The predicted octanol–water partition coefficient (Wildman–Crippen LogP) is 4.20. The van der Waals surface area contributed by atoms with Crippen molar-refractivity contribution in [2.24, 2.45) is 0 Å². The van der Waals surface area contributed by atoms with Crippen LogP contribution in [0, 0.1) is 13.8 Å². The van der Waals surface area contributed by atoms with Crippen LogP contribution < -0.4 is 4.74 Å². The Morgan fingerprint density at radius 2 is 1.88 bits per heavy atom. The van der Waals surface area contributed by atoms with Crippen LogP contribution in [0.15, 0.2) is 16.6 Å². The van der Waals surface area contributed by atoms with Gasteiger partial charge in [-0.3, -0.25) is 4.79 Å². The zero-order chi connectivity index (χ0) is 12.8. The quantitative estimate of drug-likeness (QED) is 0.736. The summed E-state index contributed by atoms with van der Waals surface area (Å²) in [7, 11) is 0. The fourth-order valence-corrected chi connectivity index (χ4v) is 1.85. The largest absolute Gasteiger partial charge is 0.494 e. The Bertz CT molecular complexity index is 376.